The number of amides is 1. The summed E-state index contributed by atoms with van der Waals surface area (Å²) in [5.74, 6) is -1.60. The molecule has 2 unspecified atom stereocenters. The number of benzene rings is 1. The fourth-order valence-corrected chi connectivity index (χ4v) is 2.46. The highest BCUT2D eigenvalue weighted by Crippen LogP contribution is 2.21. The topological polar surface area (TPSA) is 66.8 Å². The van der Waals surface area contributed by atoms with Crippen LogP contribution in [0.3, 0.4) is 0 Å². The highest BCUT2D eigenvalue weighted by Gasteiger charge is 2.39. The summed E-state index contributed by atoms with van der Waals surface area (Å²) in [7, 11) is 1.51. The van der Waals surface area contributed by atoms with Gasteiger partial charge in [-0.25, -0.2) is 9.18 Å². The summed E-state index contributed by atoms with van der Waals surface area (Å²) in [6, 6.07) is 5.05. The minimum atomic E-state index is -1.02. The molecule has 0 radical (unpaired) electrons. The molecule has 5 nitrogen and oxygen atoms in total. The lowest BCUT2D eigenvalue weighted by Gasteiger charge is -2.20. The Labute approximate surface area is 128 Å². The molecule has 1 aromatic carbocycles. The second-order valence-corrected chi connectivity index (χ2v) is 5.15. The van der Waals surface area contributed by atoms with Gasteiger partial charge in [-0.3, -0.25) is 4.79 Å². The largest absolute Gasteiger partial charge is 0.480 e. The second kappa shape index (κ2) is 7.17. The number of aliphatic carboxylic acids is 1. The van der Waals surface area contributed by atoms with E-state index in [0.29, 0.717) is 6.42 Å². The van der Waals surface area contributed by atoms with E-state index in [2.05, 4.69) is 0 Å². The monoisotopic (exact) mass is 307 g/mol. The standard InChI is InChI=1S/C16H18FNO4/c1-22-13-9-14(16(20)21)18(10-13)15(19)4-2-3-11-5-7-12(17)8-6-11/h2-3,5-8,13-14H,4,9-10H2,1H3,(H,20,21)/b3-2+. The number of methoxy groups -OCH3 is 1. The molecule has 2 rings (SSSR count). The van der Waals surface area contributed by atoms with Gasteiger partial charge in [0.15, 0.2) is 0 Å². The number of carbonyl (C=O) groups excluding carboxylic acids is 1. The maximum Gasteiger partial charge on any atom is 0.326 e. The van der Waals surface area contributed by atoms with Crippen molar-refractivity contribution in [3.63, 3.8) is 0 Å². The van der Waals surface area contributed by atoms with Gasteiger partial charge in [-0.2, -0.15) is 0 Å². The summed E-state index contributed by atoms with van der Waals surface area (Å²) in [5.41, 5.74) is 0.778. The summed E-state index contributed by atoms with van der Waals surface area (Å²) in [6.07, 6.45) is 3.51. The summed E-state index contributed by atoms with van der Waals surface area (Å²) >= 11 is 0. The molecule has 1 amide bonds. The fourth-order valence-electron chi connectivity index (χ4n) is 2.46. The van der Waals surface area contributed by atoms with Crippen LogP contribution in [0, 0.1) is 5.82 Å². The summed E-state index contributed by atoms with van der Waals surface area (Å²) in [4.78, 5) is 24.7. The smallest absolute Gasteiger partial charge is 0.326 e. The van der Waals surface area contributed by atoms with E-state index < -0.39 is 12.0 Å². The number of hydrogen-bond acceptors (Lipinski definition) is 3. The molecular formula is C16H18FNO4. The fraction of sp³-hybridized carbons (Fsp3) is 0.375. The Morgan fingerprint density at radius 2 is 2.09 bits per heavy atom. The Bertz CT molecular complexity index is 570. The number of carbonyl (C=O) groups is 2. The number of hydrogen-bond donors (Lipinski definition) is 1. The van der Waals surface area contributed by atoms with Crippen molar-refractivity contribution in [2.24, 2.45) is 0 Å². The normalized spacial score (nSPS) is 21.5. The van der Waals surface area contributed by atoms with E-state index in [1.807, 2.05) is 0 Å². The molecule has 1 fully saturated rings. The third kappa shape index (κ3) is 3.92. The zero-order chi connectivity index (χ0) is 16.1. The molecule has 1 aliphatic heterocycles. The average Bonchev–Trinajstić information content (AvgIpc) is 2.94. The molecular weight excluding hydrogens is 289 g/mol. The Balaban J connectivity index is 1.96. The van der Waals surface area contributed by atoms with Crippen LogP contribution in [0.2, 0.25) is 0 Å². The highest BCUT2D eigenvalue weighted by atomic mass is 19.1. The van der Waals surface area contributed by atoms with Gasteiger partial charge in [0, 0.05) is 26.5 Å². The molecule has 118 valence electrons. The van der Waals surface area contributed by atoms with Crippen LogP contribution >= 0.6 is 0 Å². The van der Waals surface area contributed by atoms with E-state index in [-0.39, 0.29) is 30.8 Å². The SMILES string of the molecule is COC1CC(C(=O)O)N(C(=O)C/C=C/c2ccc(F)cc2)C1. The number of nitrogens with zero attached hydrogens (tertiary/aromatic N) is 1. The second-order valence-electron chi connectivity index (χ2n) is 5.15. The summed E-state index contributed by atoms with van der Waals surface area (Å²) in [6.45, 7) is 0.288. The van der Waals surface area contributed by atoms with E-state index in [4.69, 9.17) is 4.74 Å². The van der Waals surface area contributed by atoms with Crippen molar-refractivity contribution in [3.05, 3.63) is 41.7 Å². The van der Waals surface area contributed by atoms with Crippen LogP contribution in [-0.4, -0.2) is 47.7 Å². The van der Waals surface area contributed by atoms with Crippen molar-refractivity contribution in [1.29, 1.82) is 0 Å². The molecule has 0 saturated carbocycles. The van der Waals surface area contributed by atoms with Gasteiger partial charge >= 0.3 is 5.97 Å². The predicted octanol–water partition coefficient (Wildman–Crippen LogP) is 1.93. The van der Waals surface area contributed by atoms with E-state index in [9.17, 15) is 19.1 Å². The zero-order valence-electron chi connectivity index (χ0n) is 12.2. The van der Waals surface area contributed by atoms with Gasteiger partial charge in [0.25, 0.3) is 0 Å². The average molecular weight is 307 g/mol. The molecule has 1 heterocycles. The molecule has 0 bridgehead atoms. The molecule has 1 aliphatic rings. The maximum atomic E-state index is 12.8. The Morgan fingerprint density at radius 1 is 1.41 bits per heavy atom. The minimum absolute atomic E-state index is 0.0948. The molecule has 0 aliphatic carbocycles. The maximum absolute atomic E-state index is 12.8. The lowest BCUT2D eigenvalue weighted by Crippen LogP contribution is -2.40. The van der Waals surface area contributed by atoms with Crippen molar-refractivity contribution in [2.75, 3.05) is 13.7 Å². The van der Waals surface area contributed by atoms with Gasteiger partial charge in [0.1, 0.15) is 11.9 Å². The first-order valence-electron chi connectivity index (χ1n) is 6.98. The number of halogens is 1. The Hall–Kier alpha value is -2.21. The van der Waals surface area contributed by atoms with Crippen LogP contribution in [0.25, 0.3) is 6.08 Å². The molecule has 0 spiro atoms. The van der Waals surface area contributed by atoms with E-state index in [1.165, 1.54) is 24.1 Å². The number of carboxylic acids is 1. The molecule has 22 heavy (non-hydrogen) atoms. The third-order valence-corrected chi connectivity index (χ3v) is 3.67. The molecule has 1 N–H and O–H groups in total. The van der Waals surface area contributed by atoms with Crippen molar-refractivity contribution in [1.82, 2.24) is 4.90 Å². The van der Waals surface area contributed by atoms with Crippen LogP contribution in [0.15, 0.2) is 30.3 Å². The van der Waals surface area contributed by atoms with Crippen LogP contribution in [0.4, 0.5) is 4.39 Å². The van der Waals surface area contributed by atoms with Gasteiger partial charge in [-0.05, 0) is 17.7 Å². The number of ether oxygens (including phenoxy) is 1. The van der Waals surface area contributed by atoms with Gasteiger partial charge in [0.2, 0.25) is 5.91 Å². The molecule has 6 heteroatoms. The molecule has 1 saturated heterocycles. The van der Waals surface area contributed by atoms with E-state index in [0.717, 1.165) is 5.56 Å². The number of carboxylic acid groups (broad SMARTS) is 1. The van der Waals surface area contributed by atoms with Gasteiger partial charge < -0.3 is 14.7 Å². The van der Waals surface area contributed by atoms with Crippen molar-refractivity contribution in [2.45, 2.75) is 25.0 Å². The van der Waals surface area contributed by atoms with Crippen LogP contribution in [-0.2, 0) is 14.3 Å². The van der Waals surface area contributed by atoms with Crippen LogP contribution < -0.4 is 0 Å². The van der Waals surface area contributed by atoms with Crippen molar-refractivity contribution in [3.8, 4) is 0 Å². The van der Waals surface area contributed by atoms with E-state index in [1.54, 1.807) is 24.3 Å². The summed E-state index contributed by atoms with van der Waals surface area (Å²) < 4.78 is 17.9. The number of rotatable bonds is 5. The van der Waals surface area contributed by atoms with Crippen LogP contribution in [0.1, 0.15) is 18.4 Å². The van der Waals surface area contributed by atoms with Gasteiger partial charge in [-0.1, -0.05) is 24.3 Å². The molecule has 1 aromatic rings. The van der Waals surface area contributed by atoms with Crippen molar-refractivity contribution >= 4 is 18.0 Å². The number of likely N-dealkylation sites (tertiary alicyclic amines) is 1. The van der Waals surface area contributed by atoms with E-state index >= 15 is 0 Å². The molecule has 0 aromatic heterocycles. The minimum Gasteiger partial charge on any atom is -0.480 e. The van der Waals surface area contributed by atoms with Crippen LogP contribution in [0.5, 0.6) is 0 Å². The van der Waals surface area contributed by atoms with Crippen molar-refractivity contribution < 1.29 is 23.8 Å². The quantitative estimate of drug-likeness (QED) is 0.902. The third-order valence-electron chi connectivity index (χ3n) is 3.67. The summed E-state index contributed by atoms with van der Waals surface area (Å²) in [5, 5.41) is 9.17. The Kier molecular flexibility index (Phi) is 5.27. The zero-order valence-corrected chi connectivity index (χ0v) is 12.2. The highest BCUT2D eigenvalue weighted by molar-refractivity contribution is 5.85. The molecule has 2 atom stereocenters. The predicted molar refractivity (Wildman–Crippen MR) is 78.6 cm³/mol. The first-order chi connectivity index (χ1) is 10.5. The first-order valence-corrected chi connectivity index (χ1v) is 6.98. The van der Waals surface area contributed by atoms with Gasteiger partial charge in [0.05, 0.1) is 6.10 Å². The first kappa shape index (κ1) is 16.2. The lowest BCUT2D eigenvalue weighted by atomic mass is 10.2. The lowest BCUT2D eigenvalue weighted by molar-refractivity contribution is -0.147. The Morgan fingerprint density at radius 3 is 2.68 bits per heavy atom. The van der Waals surface area contributed by atoms with Gasteiger partial charge in [-0.15, -0.1) is 0 Å².